The second-order valence-electron chi connectivity index (χ2n) is 6.93. The molecule has 0 heterocycles. The van der Waals surface area contributed by atoms with Crippen molar-refractivity contribution in [2.45, 2.75) is 70.8 Å². The van der Waals surface area contributed by atoms with E-state index in [0.717, 1.165) is 38.3 Å². The standard InChI is InChI=1S/C17H34N2O2/c1-4-12-18-17(2,16(20)21)11-7-8-13-19(3)14-15-9-5-6-10-15/h15,18H,4-14H2,1-3H3,(H,20,21). The molecule has 4 heteroatoms. The molecule has 0 spiro atoms. The van der Waals surface area contributed by atoms with E-state index in [0.29, 0.717) is 6.42 Å². The maximum Gasteiger partial charge on any atom is 0.323 e. The van der Waals surface area contributed by atoms with Gasteiger partial charge in [-0.15, -0.1) is 0 Å². The molecule has 124 valence electrons. The van der Waals surface area contributed by atoms with Crippen LogP contribution in [0.1, 0.15) is 65.2 Å². The molecule has 0 radical (unpaired) electrons. The highest BCUT2D eigenvalue weighted by atomic mass is 16.4. The lowest BCUT2D eigenvalue weighted by molar-refractivity contribution is -0.144. The van der Waals surface area contributed by atoms with Crippen LogP contribution in [0.2, 0.25) is 0 Å². The molecule has 1 aliphatic carbocycles. The lowest BCUT2D eigenvalue weighted by Gasteiger charge is -2.27. The van der Waals surface area contributed by atoms with E-state index in [-0.39, 0.29) is 0 Å². The van der Waals surface area contributed by atoms with E-state index in [9.17, 15) is 9.90 Å². The van der Waals surface area contributed by atoms with Gasteiger partial charge in [0.1, 0.15) is 5.54 Å². The van der Waals surface area contributed by atoms with Gasteiger partial charge in [0, 0.05) is 6.54 Å². The zero-order valence-electron chi connectivity index (χ0n) is 14.2. The molecule has 0 aromatic carbocycles. The van der Waals surface area contributed by atoms with Gasteiger partial charge in [-0.2, -0.15) is 0 Å². The van der Waals surface area contributed by atoms with Crippen molar-refractivity contribution < 1.29 is 9.90 Å². The molecular weight excluding hydrogens is 264 g/mol. The molecule has 2 N–H and O–H groups in total. The van der Waals surface area contributed by atoms with E-state index in [2.05, 4.69) is 24.2 Å². The fraction of sp³-hybridized carbons (Fsp3) is 0.941. The van der Waals surface area contributed by atoms with Gasteiger partial charge in [0.05, 0.1) is 0 Å². The van der Waals surface area contributed by atoms with Gasteiger partial charge in [-0.25, -0.2) is 0 Å². The molecule has 1 aliphatic rings. The van der Waals surface area contributed by atoms with Gasteiger partial charge < -0.3 is 15.3 Å². The third kappa shape index (κ3) is 6.79. The predicted octanol–water partition coefficient (Wildman–Crippen LogP) is 3.12. The zero-order valence-corrected chi connectivity index (χ0v) is 14.2. The summed E-state index contributed by atoms with van der Waals surface area (Å²) in [5.41, 5.74) is -0.764. The highest BCUT2D eigenvalue weighted by Gasteiger charge is 2.31. The van der Waals surface area contributed by atoms with Gasteiger partial charge in [0.25, 0.3) is 0 Å². The molecule has 1 unspecified atom stereocenters. The van der Waals surface area contributed by atoms with Crippen LogP contribution in [0.3, 0.4) is 0 Å². The number of carboxylic acids is 1. The number of hydrogen-bond acceptors (Lipinski definition) is 3. The molecule has 0 amide bonds. The van der Waals surface area contributed by atoms with Crippen LogP contribution in [0.25, 0.3) is 0 Å². The van der Waals surface area contributed by atoms with Crippen molar-refractivity contribution in [2.24, 2.45) is 5.92 Å². The second-order valence-corrected chi connectivity index (χ2v) is 6.93. The third-order valence-electron chi connectivity index (χ3n) is 4.75. The van der Waals surface area contributed by atoms with Gasteiger partial charge >= 0.3 is 5.97 Å². The van der Waals surface area contributed by atoms with Gasteiger partial charge in [-0.05, 0) is 71.5 Å². The molecule has 1 rings (SSSR count). The molecule has 1 atom stereocenters. The number of nitrogens with zero attached hydrogens (tertiary/aromatic N) is 1. The van der Waals surface area contributed by atoms with E-state index in [1.807, 2.05) is 6.92 Å². The van der Waals surface area contributed by atoms with E-state index in [4.69, 9.17) is 0 Å². The Labute approximate surface area is 130 Å². The molecule has 0 aromatic heterocycles. The summed E-state index contributed by atoms with van der Waals surface area (Å²) in [6.45, 7) is 6.94. The molecule has 21 heavy (non-hydrogen) atoms. The summed E-state index contributed by atoms with van der Waals surface area (Å²) in [5, 5.41) is 12.6. The van der Waals surface area contributed by atoms with Crippen molar-refractivity contribution >= 4 is 5.97 Å². The number of nitrogens with one attached hydrogen (secondary N) is 1. The van der Waals surface area contributed by atoms with Gasteiger partial charge in [0.2, 0.25) is 0 Å². The third-order valence-corrected chi connectivity index (χ3v) is 4.75. The summed E-state index contributed by atoms with van der Waals surface area (Å²) in [6, 6.07) is 0. The van der Waals surface area contributed by atoms with Crippen molar-refractivity contribution in [3.8, 4) is 0 Å². The maximum absolute atomic E-state index is 11.4. The summed E-state index contributed by atoms with van der Waals surface area (Å²) < 4.78 is 0. The summed E-state index contributed by atoms with van der Waals surface area (Å²) in [7, 11) is 2.20. The minimum Gasteiger partial charge on any atom is -0.480 e. The predicted molar refractivity (Wildman–Crippen MR) is 87.6 cm³/mol. The van der Waals surface area contributed by atoms with E-state index < -0.39 is 11.5 Å². The van der Waals surface area contributed by atoms with Crippen molar-refractivity contribution in [3.05, 3.63) is 0 Å². The highest BCUT2D eigenvalue weighted by Crippen LogP contribution is 2.25. The number of carboxylic acid groups (broad SMARTS) is 1. The first kappa shape index (κ1) is 18.4. The van der Waals surface area contributed by atoms with E-state index in [1.54, 1.807) is 0 Å². The largest absolute Gasteiger partial charge is 0.480 e. The molecule has 0 bridgehead atoms. The summed E-state index contributed by atoms with van der Waals surface area (Å²) >= 11 is 0. The Morgan fingerprint density at radius 1 is 1.33 bits per heavy atom. The molecular formula is C17H34N2O2. The lowest BCUT2D eigenvalue weighted by Crippen LogP contribution is -2.49. The Balaban J connectivity index is 2.19. The maximum atomic E-state index is 11.4. The van der Waals surface area contributed by atoms with Crippen LogP contribution in [0.4, 0.5) is 0 Å². The summed E-state index contributed by atoms with van der Waals surface area (Å²) in [4.78, 5) is 13.8. The van der Waals surface area contributed by atoms with Crippen LogP contribution in [0.15, 0.2) is 0 Å². The minimum atomic E-state index is -0.764. The first-order valence-corrected chi connectivity index (χ1v) is 8.65. The van der Waals surface area contributed by atoms with E-state index in [1.165, 1.54) is 32.2 Å². The first-order valence-electron chi connectivity index (χ1n) is 8.65. The van der Waals surface area contributed by atoms with Crippen LogP contribution in [0.5, 0.6) is 0 Å². The highest BCUT2D eigenvalue weighted by molar-refractivity contribution is 5.78. The Morgan fingerprint density at radius 2 is 2.00 bits per heavy atom. The summed E-state index contributed by atoms with van der Waals surface area (Å²) in [5.74, 6) is 0.167. The molecule has 1 saturated carbocycles. The first-order chi connectivity index (χ1) is 9.98. The minimum absolute atomic E-state index is 0.708. The summed E-state index contributed by atoms with van der Waals surface area (Å²) in [6.07, 6.45) is 9.31. The average Bonchev–Trinajstić information content (AvgIpc) is 2.94. The topological polar surface area (TPSA) is 52.6 Å². The average molecular weight is 298 g/mol. The van der Waals surface area contributed by atoms with Crippen LogP contribution in [-0.2, 0) is 4.79 Å². The van der Waals surface area contributed by atoms with Crippen molar-refractivity contribution in [1.82, 2.24) is 10.2 Å². The van der Waals surface area contributed by atoms with Crippen LogP contribution < -0.4 is 5.32 Å². The molecule has 4 nitrogen and oxygen atoms in total. The molecule has 0 aromatic rings. The van der Waals surface area contributed by atoms with Gasteiger partial charge in [-0.1, -0.05) is 19.8 Å². The van der Waals surface area contributed by atoms with Crippen LogP contribution in [0, 0.1) is 5.92 Å². The fourth-order valence-electron chi connectivity index (χ4n) is 3.26. The zero-order chi connectivity index (χ0) is 15.7. The van der Waals surface area contributed by atoms with Crippen molar-refractivity contribution in [3.63, 3.8) is 0 Å². The Bertz CT molecular complexity index is 303. The number of carbonyl (C=O) groups is 1. The number of hydrogen-bond donors (Lipinski definition) is 2. The molecule has 0 saturated heterocycles. The fourth-order valence-corrected chi connectivity index (χ4v) is 3.26. The number of unbranched alkanes of at least 4 members (excludes halogenated alkanes) is 1. The van der Waals surface area contributed by atoms with Crippen molar-refractivity contribution in [1.29, 1.82) is 0 Å². The molecule has 0 aliphatic heterocycles. The molecule has 1 fully saturated rings. The number of aliphatic carboxylic acids is 1. The van der Waals surface area contributed by atoms with Crippen LogP contribution >= 0.6 is 0 Å². The van der Waals surface area contributed by atoms with Crippen molar-refractivity contribution in [2.75, 3.05) is 26.7 Å². The quantitative estimate of drug-likeness (QED) is 0.575. The smallest absolute Gasteiger partial charge is 0.323 e. The SMILES string of the molecule is CCCNC(C)(CCCCN(C)CC1CCCC1)C(=O)O. The lowest BCUT2D eigenvalue weighted by atomic mass is 9.94. The van der Waals surface area contributed by atoms with Gasteiger partial charge in [-0.3, -0.25) is 4.79 Å². The Kier molecular flexibility index (Phi) is 8.27. The number of rotatable bonds is 11. The van der Waals surface area contributed by atoms with Gasteiger partial charge in [0.15, 0.2) is 0 Å². The Hall–Kier alpha value is -0.610. The Morgan fingerprint density at radius 3 is 2.57 bits per heavy atom. The van der Waals surface area contributed by atoms with E-state index >= 15 is 0 Å². The van der Waals surface area contributed by atoms with Crippen LogP contribution in [-0.4, -0.2) is 48.2 Å². The second kappa shape index (κ2) is 9.42. The monoisotopic (exact) mass is 298 g/mol. The normalized spacial score (nSPS) is 19.0.